The van der Waals surface area contributed by atoms with Crippen molar-refractivity contribution in [1.29, 1.82) is 0 Å². The second-order valence-corrected chi connectivity index (χ2v) is 5.83. The van der Waals surface area contributed by atoms with E-state index in [1.54, 1.807) is 0 Å². The van der Waals surface area contributed by atoms with Crippen LogP contribution in [-0.2, 0) is 0 Å². The van der Waals surface area contributed by atoms with Crippen LogP contribution in [-0.4, -0.2) is 6.61 Å². The molecular formula is C18H21NO. The molecule has 2 aromatic carbocycles. The summed E-state index contributed by atoms with van der Waals surface area (Å²) < 4.78 is 5.86. The fourth-order valence-electron chi connectivity index (χ4n) is 2.58. The molecule has 1 aliphatic rings. The van der Waals surface area contributed by atoms with Crippen LogP contribution in [0.2, 0.25) is 0 Å². The van der Waals surface area contributed by atoms with E-state index in [1.165, 1.54) is 16.7 Å². The number of hydrogen-bond donors (Lipinski definition) is 1. The Morgan fingerprint density at radius 3 is 2.55 bits per heavy atom. The van der Waals surface area contributed by atoms with E-state index in [4.69, 9.17) is 4.74 Å². The van der Waals surface area contributed by atoms with Gasteiger partial charge in [-0.1, -0.05) is 44.2 Å². The van der Waals surface area contributed by atoms with E-state index in [1.807, 2.05) is 6.07 Å². The fourth-order valence-corrected chi connectivity index (χ4v) is 2.58. The first-order valence-electron chi connectivity index (χ1n) is 7.23. The number of rotatable bonds is 2. The molecular weight excluding hydrogens is 246 g/mol. The van der Waals surface area contributed by atoms with Crippen molar-refractivity contribution in [1.82, 2.24) is 0 Å². The number of ether oxygens (including phenoxy) is 1. The summed E-state index contributed by atoms with van der Waals surface area (Å²) in [5.41, 5.74) is 4.99. The topological polar surface area (TPSA) is 21.3 Å². The van der Waals surface area contributed by atoms with Crippen LogP contribution in [0.25, 0.3) is 0 Å². The van der Waals surface area contributed by atoms with E-state index >= 15 is 0 Å². The average Bonchev–Trinajstić information content (AvgIpc) is 2.46. The first-order chi connectivity index (χ1) is 9.63. The van der Waals surface area contributed by atoms with Gasteiger partial charge in [0.05, 0.1) is 11.7 Å². The molecule has 20 heavy (non-hydrogen) atoms. The summed E-state index contributed by atoms with van der Waals surface area (Å²) in [5.74, 6) is 1.52. The smallest absolute Gasteiger partial charge is 0.142 e. The van der Waals surface area contributed by atoms with Gasteiger partial charge in [-0.3, -0.25) is 0 Å². The quantitative estimate of drug-likeness (QED) is 0.854. The van der Waals surface area contributed by atoms with Crippen molar-refractivity contribution >= 4 is 5.69 Å². The Morgan fingerprint density at radius 1 is 1.10 bits per heavy atom. The summed E-state index contributed by atoms with van der Waals surface area (Å²) in [6, 6.07) is 15.3. The Hall–Kier alpha value is -1.96. The fraction of sp³-hybridized carbons (Fsp3) is 0.333. The Labute approximate surface area is 120 Å². The predicted octanol–water partition coefficient (Wildman–Crippen LogP) is 4.66. The lowest BCUT2D eigenvalue weighted by molar-refractivity contribution is 0.286. The van der Waals surface area contributed by atoms with Gasteiger partial charge < -0.3 is 10.1 Å². The zero-order valence-electron chi connectivity index (χ0n) is 12.3. The van der Waals surface area contributed by atoms with Gasteiger partial charge in [0.25, 0.3) is 0 Å². The van der Waals surface area contributed by atoms with E-state index in [0.29, 0.717) is 12.5 Å². The monoisotopic (exact) mass is 267 g/mol. The van der Waals surface area contributed by atoms with Gasteiger partial charge in [-0.25, -0.2) is 0 Å². The van der Waals surface area contributed by atoms with Gasteiger partial charge in [0.2, 0.25) is 0 Å². The summed E-state index contributed by atoms with van der Waals surface area (Å²) in [6.45, 7) is 7.21. The second kappa shape index (κ2) is 5.20. The van der Waals surface area contributed by atoms with Crippen LogP contribution in [0.3, 0.4) is 0 Å². The number of benzene rings is 2. The lowest BCUT2D eigenvalue weighted by Crippen LogP contribution is -2.23. The third kappa shape index (κ3) is 2.51. The van der Waals surface area contributed by atoms with Crippen molar-refractivity contribution < 1.29 is 4.74 Å². The molecule has 0 bridgehead atoms. The SMILES string of the molecule is Cc1ccc2c(c1)NC(c1ccc(C(C)C)cc1)CO2. The number of nitrogens with one attached hydrogen (secondary N) is 1. The molecule has 0 saturated heterocycles. The maximum Gasteiger partial charge on any atom is 0.142 e. The van der Waals surface area contributed by atoms with Crippen molar-refractivity contribution in [3.8, 4) is 5.75 Å². The Kier molecular flexibility index (Phi) is 3.39. The van der Waals surface area contributed by atoms with Crippen LogP contribution in [0, 0.1) is 6.92 Å². The minimum atomic E-state index is 0.227. The summed E-state index contributed by atoms with van der Waals surface area (Å²) >= 11 is 0. The van der Waals surface area contributed by atoms with Gasteiger partial charge in [0, 0.05) is 0 Å². The van der Waals surface area contributed by atoms with Crippen LogP contribution in [0.4, 0.5) is 5.69 Å². The molecule has 3 rings (SSSR count). The Morgan fingerprint density at radius 2 is 1.85 bits per heavy atom. The molecule has 1 aliphatic heterocycles. The molecule has 104 valence electrons. The van der Waals surface area contributed by atoms with Crippen molar-refractivity contribution in [3.05, 3.63) is 59.2 Å². The van der Waals surface area contributed by atoms with E-state index in [2.05, 4.69) is 62.5 Å². The molecule has 0 spiro atoms. The number of anilines is 1. The summed E-state index contributed by atoms with van der Waals surface area (Å²) in [6.07, 6.45) is 0. The first-order valence-corrected chi connectivity index (χ1v) is 7.23. The number of fused-ring (bicyclic) bond motifs is 1. The van der Waals surface area contributed by atoms with Crippen molar-refractivity contribution in [2.75, 3.05) is 11.9 Å². The third-order valence-corrected chi connectivity index (χ3v) is 3.88. The van der Waals surface area contributed by atoms with Crippen molar-refractivity contribution in [3.63, 3.8) is 0 Å². The number of hydrogen-bond acceptors (Lipinski definition) is 2. The molecule has 0 saturated carbocycles. The van der Waals surface area contributed by atoms with Crippen molar-refractivity contribution in [2.24, 2.45) is 0 Å². The second-order valence-electron chi connectivity index (χ2n) is 5.83. The molecule has 0 fully saturated rings. The highest BCUT2D eigenvalue weighted by atomic mass is 16.5. The molecule has 1 N–H and O–H groups in total. The summed E-state index contributed by atoms with van der Waals surface area (Å²) in [4.78, 5) is 0. The molecule has 1 atom stereocenters. The summed E-state index contributed by atoms with van der Waals surface area (Å²) in [5, 5.41) is 3.58. The maximum absolute atomic E-state index is 5.86. The van der Waals surface area contributed by atoms with Crippen LogP contribution < -0.4 is 10.1 Å². The largest absolute Gasteiger partial charge is 0.489 e. The van der Waals surface area contributed by atoms with Crippen molar-refractivity contribution in [2.45, 2.75) is 32.7 Å². The predicted molar refractivity (Wildman–Crippen MR) is 83.6 cm³/mol. The Balaban J connectivity index is 1.82. The molecule has 0 radical (unpaired) electrons. The van der Waals surface area contributed by atoms with Gasteiger partial charge in [-0.2, -0.15) is 0 Å². The molecule has 2 heteroatoms. The minimum Gasteiger partial charge on any atom is -0.489 e. The zero-order valence-corrected chi connectivity index (χ0v) is 12.3. The highest BCUT2D eigenvalue weighted by molar-refractivity contribution is 5.60. The van der Waals surface area contributed by atoms with E-state index in [-0.39, 0.29) is 6.04 Å². The standard InChI is InChI=1S/C18H21NO/c1-12(2)14-5-7-15(8-6-14)17-11-20-18-9-4-13(3)10-16(18)19-17/h4-10,12,17,19H,11H2,1-3H3. The van der Waals surface area contributed by atoms with Crippen LogP contribution >= 0.6 is 0 Å². The number of aryl methyl sites for hydroxylation is 1. The molecule has 2 nitrogen and oxygen atoms in total. The third-order valence-electron chi connectivity index (χ3n) is 3.88. The first kappa shape index (κ1) is 13.0. The van der Waals surface area contributed by atoms with Crippen LogP contribution in [0.15, 0.2) is 42.5 Å². The van der Waals surface area contributed by atoms with E-state index in [9.17, 15) is 0 Å². The lowest BCUT2D eigenvalue weighted by atomic mass is 9.98. The molecule has 1 unspecified atom stereocenters. The van der Waals surface area contributed by atoms with Crippen LogP contribution in [0.5, 0.6) is 5.75 Å². The van der Waals surface area contributed by atoms with Gasteiger partial charge in [0.15, 0.2) is 0 Å². The van der Waals surface area contributed by atoms with E-state index in [0.717, 1.165) is 11.4 Å². The molecule has 0 aromatic heterocycles. The molecule has 0 amide bonds. The van der Waals surface area contributed by atoms with Gasteiger partial charge >= 0.3 is 0 Å². The summed E-state index contributed by atoms with van der Waals surface area (Å²) in [7, 11) is 0. The molecule has 0 aliphatic carbocycles. The molecule has 2 aromatic rings. The van der Waals surface area contributed by atoms with E-state index < -0.39 is 0 Å². The molecule has 1 heterocycles. The highest BCUT2D eigenvalue weighted by Gasteiger charge is 2.20. The zero-order chi connectivity index (χ0) is 14.1. The van der Waals surface area contributed by atoms with Crippen LogP contribution in [0.1, 0.15) is 42.5 Å². The highest BCUT2D eigenvalue weighted by Crippen LogP contribution is 2.34. The van der Waals surface area contributed by atoms with Gasteiger partial charge in [-0.05, 0) is 41.7 Å². The van der Waals surface area contributed by atoms with Gasteiger partial charge in [0.1, 0.15) is 12.4 Å². The average molecular weight is 267 g/mol. The Bertz CT molecular complexity index is 601. The normalized spacial score (nSPS) is 17.3. The maximum atomic E-state index is 5.86. The lowest BCUT2D eigenvalue weighted by Gasteiger charge is -2.28. The van der Waals surface area contributed by atoms with Gasteiger partial charge in [-0.15, -0.1) is 0 Å². The minimum absolute atomic E-state index is 0.227.